The summed E-state index contributed by atoms with van der Waals surface area (Å²) in [6.45, 7) is 10.9. The van der Waals surface area contributed by atoms with Crippen molar-refractivity contribution < 1.29 is 4.79 Å². The van der Waals surface area contributed by atoms with Gasteiger partial charge in [-0.1, -0.05) is 27.7 Å². The molecule has 0 atom stereocenters. The van der Waals surface area contributed by atoms with Gasteiger partial charge in [-0.3, -0.25) is 4.79 Å². The average molecular weight is 239 g/mol. The van der Waals surface area contributed by atoms with Crippen LogP contribution < -0.4 is 0 Å². The maximum atomic E-state index is 12.0. The van der Waals surface area contributed by atoms with Gasteiger partial charge in [0.1, 0.15) is 0 Å². The Hall–Kier alpha value is -0.530. The lowest BCUT2D eigenvalue weighted by molar-refractivity contribution is -0.132. The second-order valence-corrected chi connectivity index (χ2v) is 6.39. The summed E-state index contributed by atoms with van der Waals surface area (Å²) in [5.41, 5.74) is 0. The Morgan fingerprint density at radius 3 is 2.18 bits per heavy atom. The first-order valence-corrected chi connectivity index (χ1v) is 7.26. The predicted octanol–water partition coefficient (Wildman–Crippen LogP) is 3.71. The molecule has 1 fully saturated rings. The minimum atomic E-state index is 0.377. The van der Waals surface area contributed by atoms with Gasteiger partial charge in [0.25, 0.3) is 0 Å². The highest BCUT2D eigenvalue weighted by Gasteiger charge is 2.22. The van der Waals surface area contributed by atoms with Crippen LogP contribution in [0.2, 0.25) is 0 Å². The summed E-state index contributed by atoms with van der Waals surface area (Å²) < 4.78 is 0. The lowest BCUT2D eigenvalue weighted by Gasteiger charge is -2.33. The third-order valence-electron chi connectivity index (χ3n) is 3.71. The molecule has 1 rings (SSSR count). The highest BCUT2D eigenvalue weighted by atomic mass is 16.2. The van der Waals surface area contributed by atoms with E-state index in [0.29, 0.717) is 11.8 Å². The van der Waals surface area contributed by atoms with E-state index in [2.05, 4.69) is 32.6 Å². The van der Waals surface area contributed by atoms with Crippen molar-refractivity contribution in [3.63, 3.8) is 0 Å². The SMILES string of the molecule is CC(C)CCC(=O)N1CCC(CC(C)C)CC1. The third-order valence-corrected chi connectivity index (χ3v) is 3.71. The smallest absolute Gasteiger partial charge is 0.222 e. The molecule has 0 unspecified atom stereocenters. The number of nitrogens with zero attached hydrogens (tertiary/aromatic N) is 1. The Morgan fingerprint density at radius 2 is 1.71 bits per heavy atom. The molecule has 2 heteroatoms. The molecule has 0 radical (unpaired) electrons. The summed E-state index contributed by atoms with van der Waals surface area (Å²) in [6.07, 6.45) is 5.53. The van der Waals surface area contributed by atoms with E-state index in [-0.39, 0.29) is 0 Å². The quantitative estimate of drug-likeness (QED) is 0.716. The lowest BCUT2D eigenvalue weighted by Crippen LogP contribution is -2.38. The molecule has 0 aromatic carbocycles. The van der Waals surface area contributed by atoms with E-state index in [1.165, 1.54) is 19.3 Å². The van der Waals surface area contributed by atoms with Gasteiger partial charge in [0.05, 0.1) is 0 Å². The van der Waals surface area contributed by atoms with Gasteiger partial charge in [0, 0.05) is 19.5 Å². The standard InChI is InChI=1S/C15H29NO/c1-12(2)5-6-15(17)16-9-7-14(8-10-16)11-13(3)4/h12-14H,5-11H2,1-4H3. The van der Waals surface area contributed by atoms with Crippen molar-refractivity contribution in [2.45, 2.75) is 59.8 Å². The van der Waals surface area contributed by atoms with Crippen molar-refractivity contribution in [3.8, 4) is 0 Å². The minimum Gasteiger partial charge on any atom is -0.343 e. The van der Waals surface area contributed by atoms with Crippen LogP contribution in [-0.2, 0) is 4.79 Å². The number of carbonyl (C=O) groups is 1. The van der Waals surface area contributed by atoms with E-state index in [4.69, 9.17) is 0 Å². The zero-order chi connectivity index (χ0) is 12.8. The Morgan fingerprint density at radius 1 is 1.12 bits per heavy atom. The summed E-state index contributed by atoms with van der Waals surface area (Å²) >= 11 is 0. The zero-order valence-electron chi connectivity index (χ0n) is 12.0. The molecule has 1 amide bonds. The number of hydrogen-bond donors (Lipinski definition) is 0. The van der Waals surface area contributed by atoms with Gasteiger partial charge in [-0.2, -0.15) is 0 Å². The lowest BCUT2D eigenvalue weighted by atomic mass is 9.88. The topological polar surface area (TPSA) is 20.3 Å². The van der Waals surface area contributed by atoms with Crippen LogP contribution in [0.5, 0.6) is 0 Å². The monoisotopic (exact) mass is 239 g/mol. The van der Waals surface area contributed by atoms with Crippen molar-refractivity contribution in [3.05, 3.63) is 0 Å². The molecule has 0 bridgehead atoms. The fourth-order valence-electron chi connectivity index (χ4n) is 2.65. The number of likely N-dealkylation sites (tertiary alicyclic amines) is 1. The molecule has 0 aliphatic carbocycles. The predicted molar refractivity (Wildman–Crippen MR) is 72.8 cm³/mol. The normalized spacial score (nSPS) is 18.1. The molecule has 0 aromatic heterocycles. The van der Waals surface area contributed by atoms with E-state index in [9.17, 15) is 4.79 Å². The van der Waals surface area contributed by atoms with E-state index >= 15 is 0 Å². The number of carbonyl (C=O) groups excluding carboxylic acids is 1. The maximum absolute atomic E-state index is 12.0. The molecule has 0 saturated carbocycles. The van der Waals surface area contributed by atoms with Gasteiger partial charge in [-0.05, 0) is 43.4 Å². The molecule has 0 aromatic rings. The minimum absolute atomic E-state index is 0.377. The Kier molecular flexibility index (Phi) is 6.01. The molecule has 0 N–H and O–H groups in total. The third kappa shape index (κ3) is 5.56. The molecular formula is C15H29NO. The molecule has 1 aliphatic heterocycles. The number of rotatable bonds is 5. The fourth-order valence-corrected chi connectivity index (χ4v) is 2.65. The number of hydrogen-bond acceptors (Lipinski definition) is 1. The van der Waals surface area contributed by atoms with Gasteiger partial charge in [-0.15, -0.1) is 0 Å². The summed E-state index contributed by atoms with van der Waals surface area (Å²) in [6, 6.07) is 0. The van der Waals surface area contributed by atoms with Gasteiger partial charge in [0.15, 0.2) is 0 Å². The first kappa shape index (κ1) is 14.5. The van der Waals surface area contributed by atoms with Crippen LogP contribution in [0, 0.1) is 17.8 Å². The van der Waals surface area contributed by atoms with Crippen molar-refractivity contribution in [1.82, 2.24) is 4.90 Å². The first-order valence-electron chi connectivity index (χ1n) is 7.26. The largest absolute Gasteiger partial charge is 0.343 e. The van der Waals surface area contributed by atoms with Crippen molar-refractivity contribution in [2.75, 3.05) is 13.1 Å². The molecule has 1 saturated heterocycles. The van der Waals surface area contributed by atoms with Crippen LogP contribution in [0.15, 0.2) is 0 Å². The van der Waals surface area contributed by atoms with Crippen LogP contribution in [-0.4, -0.2) is 23.9 Å². The Bertz CT molecular complexity index is 227. The first-order chi connectivity index (χ1) is 7.99. The summed E-state index contributed by atoms with van der Waals surface area (Å²) in [7, 11) is 0. The molecule has 2 nitrogen and oxygen atoms in total. The highest BCUT2D eigenvalue weighted by Crippen LogP contribution is 2.24. The summed E-state index contributed by atoms with van der Waals surface area (Å²) in [5, 5.41) is 0. The molecule has 1 heterocycles. The van der Waals surface area contributed by atoms with Crippen LogP contribution in [0.25, 0.3) is 0 Å². The maximum Gasteiger partial charge on any atom is 0.222 e. The molecule has 0 spiro atoms. The molecule has 100 valence electrons. The van der Waals surface area contributed by atoms with Crippen LogP contribution in [0.3, 0.4) is 0 Å². The van der Waals surface area contributed by atoms with Gasteiger partial charge in [0.2, 0.25) is 5.91 Å². The molecule has 1 aliphatic rings. The highest BCUT2D eigenvalue weighted by molar-refractivity contribution is 5.76. The Labute approximate surface area is 107 Å². The van der Waals surface area contributed by atoms with Crippen molar-refractivity contribution in [1.29, 1.82) is 0 Å². The van der Waals surface area contributed by atoms with Crippen LogP contribution in [0.4, 0.5) is 0 Å². The molecule has 17 heavy (non-hydrogen) atoms. The average Bonchev–Trinajstić information content (AvgIpc) is 2.26. The summed E-state index contributed by atoms with van der Waals surface area (Å²) in [4.78, 5) is 14.0. The van der Waals surface area contributed by atoms with Crippen molar-refractivity contribution in [2.24, 2.45) is 17.8 Å². The van der Waals surface area contributed by atoms with Crippen molar-refractivity contribution >= 4 is 5.91 Å². The fraction of sp³-hybridized carbons (Fsp3) is 0.933. The van der Waals surface area contributed by atoms with E-state index in [0.717, 1.165) is 37.8 Å². The van der Waals surface area contributed by atoms with Crippen LogP contribution in [0.1, 0.15) is 59.8 Å². The Balaban J connectivity index is 2.24. The van der Waals surface area contributed by atoms with E-state index < -0.39 is 0 Å². The molecular weight excluding hydrogens is 210 g/mol. The summed E-state index contributed by atoms with van der Waals surface area (Å²) in [5.74, 6) is 2.66. The van der Waals surface area contributed by atoms with Crippen LogP contribution >= 0.6 is 0 Å². The number of amides is 1. The second kappa shape index (κ2) is 7.03. The number of piperidine rings is 1. The van der Waals surface area contributed by atoms with Gasteiger partial charge >= 0.3 is 0 Å². The second-order valence-electron chi connectivity index (χ2n) is 6.39. The van der Waals surface area contributed by atoms with Gasteiger partial charge in [-0.25, -0.2) is 0 Å². The zero-order valence-corrected chi connectivity index (χ0v) is 12.0. The van der Waals surface area contributed by atoms with Gasteiger partial charge < -0.3 is 4.90 Å². The van der Waals surface area contributed by atoms with E-state index in [1.807, 2.05) is 0 Å². The van der Waals surface area contributed by atoms with E-state index in [1.54, 1.807) is 0 Å².